The summed E-state index contributed by atoms with van der Waals surface area (Å²) in [5.74, 6) is 0.0651. The molecule has 1 fully saturated rings. The number of nitrogens with one attached hydrogen (secondary N) is 3. The molecule has 0 aliphatic carbocycles. The predicted molar refractivity (Wildman–Crippen MR) is 82.3 cm³/mol. The topological polar surface area (TPSA) is 96.2 Å². The molecule has 0 atom stereocenters. The Bertz CT molecular complexity index is 524. The Kier molecular flexibility index (Phi) is 5.16. The average Bonchev–Trinajstić information content (AvgIpc) is 2.48. The lowest BCUT2D eigenvalue weighted by Gasteiger charge is -2.22. The Labute approximate surface area is 124 Å². The van der Waals surface area contributed by atoms with E-state index >= 15 is 0 Å². The molecule has 6 nitrogen and oxygen atoms in total. The minimum absolute atomic E-state index is 0.219. The summed E-state index contributed by atoms with van der Waals surface area (Å²) in [4.78, 5) is 23.0. The first-order valence-electron chi connectivity index (χ1n) is 7.22. The molecule has 21 heavy (non-hydrogen) atoms. The number of rotatable bonds is 4. The highest BCUT2D eigenvalue weighted by molar-refractivity contribution is 5.95. The summed E-state index contributed by atoms with van der Waals surface area (Å²) >= 11 is 0. The molecular formula is C15H22N4O2. The van der Waals surface area contributed by atoms with Crippen molar-refractivity contribution in [2.24, 2.45) is 11.7 Å². The van der Waals surface area contributed by atoms with E-state index in [0.29, 0.717) is 23.7 Å². The van der Waals surface area contributed by atoms with Crippen molar-refractivity contribution in [3.8, 4) is 0 Å². The van der Waals surface area contributed by atoms with Crippen molar-refractivity contribution in [2.75, 3.05) is 25.0 Å². The smallest absolute Gasteiger partial charge is 0.319 e. The number of amides is 3. The van der Waals surface area contributed by atoms with E-state index in [0.717, 1.165) is 31.5 Å². The van der Waals surface area contributed by atoms with Crippen LogP contribution in [0.5, 0.6) is 0 Å². The van der Waals surface area contributed by atoms with Crippen LogP contribution in [0.2, 0.25) is 0 Å². The lowest BCUT2D eigenvalue weighted by Crippen LogP contribution is -2.37. The molecule has 0 saturated carbocycles. The molecular weight excluding hydrogens is 268 g/mol. The van der Waals surface area contributed by atoms with Crippen LogP contribution >= 0.6 is 0 Å². The first-order chi connectivity index (χ1) is 10.1. The van der Waals surface area contributed by atoms with E-state index in [1.54, 1.807) is 18.2 Å². The van der Waals surface area contributed by atoms with Crippen LogP contribution in [0.1, 0.15) is 28.8 Å². The molecule has 1 saturated heterocycles. The van der Waals surface area contributed by atoms with Gasteiger partial charge >= 0.3 is 6.03 Å². The average molecular weight is 290 g/mol. The summed E-state index contributed by atoms with van der Waals surface area (Å²) in [6.45, 7) is 4.55. The minimum atomic E-state index is -0.472. The molecule has 0 aromatic heterocycles. The SMILES string of the molecule is Cc1cc(C(N)=O)ccc1NC(=O)NCC1CCNCC1. The number of urea groups is 1. The molecule has 0 bridgehead atoms. The zero-order valence-electron chi connectivity index (χ0n) is 12.2. The molecule has 0 unspecified atom stereocenters. The van der Waals surface area contributed by atoms with Crippen molar-refractivity contribution in [1.29, 1.82) is 0 Å². The van der Waals surface area contributed by atoms with Crippen molar-refractivity contribution >= 4 is 17.6 Å². The monoisotopic (exact) mass is 290 g/mol. The summed E-state index contributed by atoms with van der Waals surface area (Å²) < 4.78 is 0. The molecule has 1 aliphatic heterocycles. The quantitative estimate of drug-likeness (QED) is 0.671. The number of carbonyl (C=O) groups is 2. The van der Waals surface area contributed by atoms with Crippen LogP contribution in [0.3, 0.4) is 0 Å². The summed E-state index contributed by atoms with van der Waals surface area (Å²) in [5.41, 5.74) is 7.15. The third kappa shape index (κ3) is 4.46. The maximum absolute atomic E-state index is 11.9. The van der Waals surface area contributed by atoms with Crippen LogP contribution in [-0.4, -0.2) is 31.6 Å². The van der Waals surface area contributed by atoms with Crippen molar-refractivity contribution in [1.82, 2.24) is 10.6 Å². The van der Waals surface area contributed by atoms with Gasteiger partial charge in [0.2, 0.25) is 5.91 Å². The Morgan fingerprint density at radius 3 is 2.67 bits per heavy atom. The number of piperidine rings is 1. The second-order valence-electron chi connectivity index (χ2n) is 5.42. The van der Waals surface area contributed by atoms with E-state index < -0.39 is 5.91 Å². The molecule has 1 aromatic rings. The molecule has 5 N–H and O–H groups in total. The number of benzene rings is 1. The molecule has 1 aromatic carbocycles. The fourth-order valence-corrected chi connectivity index (χ4v) is 2.45. The van der Waals surface area contributed by atoms with Gasteiger partial charge in [-0.15, -0.1) is 0 Å². The van der Waals surface area contributed by atoms with Crippen molar-refractivity contribution < 1.29 is 9.59 Å². The van der Waals surface area contributed by atoms with Crippen molar-refractivity contribution in [3.05, 3.63) is 29.3 Å². The molecule has 114 valence electrons. The van der Waals surface area contributed by atoms with Crippen LogP contribution in [0.15, 0.2) is 18.2 Å². The van der Waals surface area contributed by atoms with E-state index in [1.165, 1.54) is 0 Å². The Balaban J connectivity index is 1.85. The molecule has 0 spiro atoms. The third-order valence-electron chi connectivity index (χ3n) is 3.77. The van der Waals surface area contributed by atoms with Gasteiger partial charge in [0.15, 0.2) is 0 Å². The largest absolute Gasteiger partial charge is 0.366 e. The van der Waals surface area contributed by atoms with E-state index in [2.05, 4.69) is 16.0 Å². The number of aryl methyl sites for hydroxylation is 1. The molecule has 6 heteroatoms. The van der Waals surface area contributed by atoms with Gasteiger partial charge in [0.25, 0.3) is 0 Å². The number of nitrogens with two attached hydrogens (primary N) is 1. The first kappa shape index (κ1) is 15.3. The van der Waals surface area contributed by atoms with Gasteiger partial charge in [-0.1, -0.05) is 0 Å². The molecule has 1 aliphatic rings. The fraction of sp³-hybridized carbons (Fsp3) is 0.467. The van der Waals surface area contributed by atoms with Crippen molar-refractivity contribution in [2.45, 2.75) is 19.8 Å². The molecule has 2 rings (SSSR count). The van der Waals surface area contributed by atoms with E-state index in [9.17, 15) is 9.59 Å². The fourth-order valence-electron chi connectivity index (χ4n) is 2.45. The minimum Gasteiger partial charge on any atom is -0.366 e. The third-order valence-corrected chi connectivity index (χ3v) is 3.77. The van der Waals surface area contributed by atoms with Crippen LogP contribution in [0, 0.1) is 12.8 Å². The molecule has 0 radical (unpaired) electrons. The second kappa shape index (κ2) is 7.08. The van der Waals surface area contributed by atoms with Crippen LogP contribution in [0.4, 0.5) is 10.5 Å². The lowest BCUT2D eigenvalue weighted by molar-refractivity contribution is 0.1000. The van der Waals surface area contributed by atoms with Gasteiger partial charge in [-0.25, -0.2) is 4.79 Å². The van der Waals surface area contributed by atoms with Gasteiger partial charge in [0.05, 0.1) is 0 Å². The number of hydrogen-bond donors (Lipinski definition) is 4. The van der Waals surface area contributed by atoms with E-state index in [-0.39, 0.29) is 6.03 Å². The highest BCUT2D eigenvalue weighted by Crippen LogP contribution is 2.16. The normalized spacial score (nSPS) is 15.5. The number of anilines is 1. The van der Waals surface area contributed by atoms with Crippen molar-refractivity contribution in [3.63, 3.8) is 0 Å². The predicted octanol–water partition coefficient (Wildman–Crippen LogP) is 1.22. The van der Waals surface area contributed by atoms with E-state index in [4.69, 9.17) is 5.73 Å². The Morgan fingerprint density at radius 1 is 1.33 bits per heavy atom. The van der Waals surface area contributed by atoms with Crippen LogP contribution < -0.4 is 21.7 Å². The highest BCUT2D eigenvalue weighted by atomic mass is 16.2. The van der Waals surface area contributed by atoms with Gasteiger partial charge in [-0.3, -0.25) is 4.79 Å². The number of primary amides is 1. The molecule has 3 amide bonds. The standard InChI is InChI=1S/C15H22N4O2/c1-10-8-12(14(16)20)2-3-13(10)19-15(21)18-9-11-4-6-17-7-5-11/h2-3,8,11,17H,4-7,9H2,1H3,(H2,16,20)(H2,18,19,21). The van der Waals surface area contributed by atoms with E-state index in [1.807, 2.05) is 6.92 Å². The van der Waals surface area contributed by atoms with Gasteiger partial charge < -0.3 is 21.7 Å². The summed E-state index contributed by atoms with van der Waals surface area (Å²) in [5, 5.41) is 8.99. The van der Waals surface area contributed by atoms with Crippen LogP contribution in [0.25, 0.3) is 0 Å². The van der Waals surface area contributed by atoms with Gasteiger partial charge in [-0.05, 0) is 62.5 Å². The zero-order chi connectivity index (χ0) is 15.2. The highest BCUT2D eigenvalue weighted by Gasteiger charge is 2.14. The van der Waals surface area contributed by atoms with Crippen LogP contribution in [-0.2, 0) is 0 Å². The number of hydrogen-bond acceptors (Lipinski definition) is 3. The van der Waals surface area contributed by atoms with Gasteiger partial charge in [-0.2, -0.15) is 0 Å². The summed E-state index contributed by atoms with van der Waals surface area (Å²) in [7, 11) is 0. The molecule has 1 heterocycles. The zero-order valence-corrected chi connectivity index (χ0v) is 12.2. The Morgan fingerprint density at radius 2 is 2.05 bits per heavy atom. The lowest BCUT2D eigenvalue weighted by atomic mass is 9.98. The maximum atomic E-state index is 11.9. The van der Waals surface area contributed by atoms with Gasteiger partial charge in [0, 0.05) is 17.8 Å². The first-order valence-corrected chi connectivity index (χ1v) is 7.22. The van der Waals surface area contributed by atoms with Gasteiger partial charge in [0.1, 0.15) is 0 Å². The summed E-state index contributed by atoms with van der Waals surface area (Å²) in [6, 6.07) is 4.76. The maximum Gasteiger partial charge on any atom is 0.319 e. The Hall–Kier alpha value is -2.08. The second-order valence-corrected chi connectivity index (χ2v) is 5.42. The number of carbonyl (C=O) groups excluding carboxylic acids is 2. The summed E-state index contributed by atoms with van der Waals surface area (Å²) in [6.07, 6.45) is 2.18.